The first kappa shape index (κ1) is 12.9. The number of hydrogen-bond acceptors (Lipinski definition) is 2. The van der Waals surface area contributed by atoms with Crippen LogP contribution in [0.1, 0.15) is 5.56 Å². The quantitative estimate of drug-likeness (QED) is 0.937. The lowest BCUT2D eigenvalue weighted by Crippen LogP contribution is -2.12. The molecule has 2 rings (SSSR count). The predicted octanol–water partition coefficient (Wildman–Crippen LogP) is 3.45. The summed E-state index contributed by atoms with van der Waals surface area (Å²) in [6.45, 7) is 1.85. The van der Waals surface area contributed by atoms with E-state index in [4.69, 9.17) is 11.6 Å². The van der Waals surface area contributed by atoms with Crippen LogP contribution < -0.4 is 4.72 Å². The van der Waals surface area contributed by atoms with E-state index in [9.17, 15) is 8.42 Å². The monoisotopic (exact) mass is 281 g/mol. The summed E-state index contributed by atoms with van der Waals surface area (Å²) >= 11 is 5.81. The van der Waals surface area contributed by atoms with Crippen molar-refractivity contribution >= 4 is 27.3 Å². The van der Waals surface area contributed by atoms with E-state index in [1.807, 2.05) is 13.0 Å². The topological polar surface area (TPSA) is 46.2 Å². The first-order valence-corrected chi connectivity index (χ1v) is 7.18. The molecule has 0 heterocycles. The van der Waals surface area contributed by atoms with Crippen molar-refractivity contribution in [3.63, 3.8) is 0 Å². The summed E-state index contributed by atoms with van der Waals surface area (Å²) < 4.78 is 26.7. The van der Waals surface area contributed by atoms with Crippen molar-refractivity contribution in [1.29, 1.82) is 0 Å². The van der Waals surface area contributed by atoms with Crippen molar-refractivity contribution in [2.24, 2.45) is 0 Å². The molecule has 0 atom stereocenters. The number of aryl methyl sites for hydroxylation is 1. The van der Waals surface area contributed by atoms with Crippen molar-refractivity contribution in [2.45, 2.75) is 11.8 Å². The summed E-state index contributed by atoms with van der Waals surface area (Å²) in [5.74, 6) is 0. The Hall–Kier alpha value is -1.52. The highest BCUT2D eigenvalue weighted by Crippen LogP contribution is 2.19. The Morgan fingerprint density at radius 2 is 1.78 bits per heavy atom. The molecule has 2 aromatic carbocycles. The summed E-state index contributed by atoms with van der Waals surface area (Å²) in [7, 11) is -3.56. The van der Waals surface area contributed by atoms with Gasteiger partial charge < -0.3 is 0 Å². The number of hydrogen-bond donors (Lipinski definition) is 1. The van der Waals surface area contributed by atoms with Crippen molar-refractivity contribution in [2.75, 3.05) is 4.72 Å². The summed E-state index contributed by atoms with van der Waals surface area (Å²) in [4.78, 5) is 0.238. The zero-order valence-electron chi connectivity index (χ0n) is 9.72. The van der Waals surface area contributed by atoms with Crippen LogP contribution in [0.4, 0.5) is 5.69 Å². The summed E-state index contributed by atoms with van der Waals surface area (Å²) in [5.41, 5.74) is 1.34. The Morgan fingerprint density at radius 1 is 1.06 bits per heavy atom. The van der Waals surface area contributed by atoms with Gasteiger partial charge in [0.2, 0.25) is 0 Å². The molecule has 0 fully saturated rings. The van der Waals surface area contributed by atoms with Crippen LogP contribution in [0.15, 0.2) is 53.4 Å². The molecule has 5 heteroatoms. The molecular weight excluding hydrogens is 270 g/mol. The van der Waals surface area contributed by atoms with E-state index in [0.29, 0.717) is 10.7 Å². The Labute approximate surface area is 111 Å². The maximum atomic E-state index is 12.1. The van der Waals surface area contributed by atoms with Crippen LogP contribution in [0.25, 0.3) is 0 Å². The van der Waals surface area contributed by atoms with E-state index >= 15 is 0 Å². The van der Waals surface area contributed by atoms with Gasteiger partial charge in [-0.15, -0.1) is 0 Å². The second-order valence-electron chi connectivity index (χ2n) is 3.93. The second-order valence-corrected chi connectivity index (χ2v) is 6.05. The standard InChI is InChI=1S/C13H12ClNO2S/c1-10-4-2-7-13(8-10)18(16,17)15-12-6-3-5-11(14)9-12/h2-9,15H,1H3. The largest absolute Gasteiger partial charge is 0.280 e. The molecule has 0 unspecified atom stereocenters. The average molecular weight is 282 g/mol. The maximum absolute atomic E-state index is 12.1. The van der Waals surface area contributed by atoms with Crippen molar-refractivity contribution in [3.8, 4) is 0 Å². The Kier molecular flexibility index (Phi) is 3.59. The van der Waals surface area contributed by atoms with Gasteiger partial charge in [0.25, 0.3) is 10.0 Å². The van der Waals surface area contributed by atoms with E-state index in [-0.39, 0.29) is 4.90 Å². The first-order valence-electron chi connectivity index (χ1n) is 5.32. The van der Waals surface area contributed by atoms with Gasteiger partial charge in [-0.2, -0.15) is 0 Å². The van der Waals surface area contributed by atoms with Crippen molar-refractivity contribution in [1.82, 2.24) is 0 Å². The van der Waals surface area contributed by atoms with E-state index in [1.165, 1.54) is 0 Å². The minimum absolute atomic E-state index is 0.238. The molecule has 94 valence electrons. The van der Waals surface area contributed by atoms with Gasteiger partial charge in [-0.25, -0.2) is 8.42 Å². The van der Waals surface area contributed by atoms with Crippen molar-refractivity contribution < 1.29 is 8.42 Å². The Bertz CT molecular complexity index is 668. The fourth-order valence-corrected chi connectivity index (χ4v) is 2.89. The number of rotatable bonds is 3. The lowest BCUT2D eigenvalue weighted by molar-refractivity contribution is 0.601. The van der Waals surface area contributed by atoms with E-state index in [1.54, 1.807) is 42.5 Å². The molecule has 0 saturated heterocycles. The van der Waals surface area contributed by atoms with Gasteiger partial charge in [0, 0.05) is 5.02 Å². The summed E-state index contributed by atoms with van der Waals surface area (Å²) in [6, 6.07) is 13.3. The lowest BCUT2D eigenvalue weighted by Gasteiger charge is -2.08. The SMILES string of the molecule is Cc1cccc(S(=O)(=O)Nc2cccc(Cl)c2)c1. The van der Waals surface area contributed by atoms with E-state index < -0.39 is 10.0 Å². The molecule has 18 heavy (non-hydrogen) atoms. The van der Waals surface area contributed by atoms with Crippen LogP contribution in [-0.2, 0) is 10.0 Å². The third kappa shape index (κ3) is 3.03. The first-order chi connectivity index (χ1) is 8.47. The normalized spacial score (nSPS) is 11.2. The van der Waals surface area contributed by atoms with Gasteiger partial charge in [-0.05, 0) is 42.8 Å². The minimum atomic E-state index is -3.56. The number of benzene rings is 2. The number of nitrogens with one attached hydrogen (secondary N) is 1. The molecule has 0 radical (unpaired) electrons. The third-order valence-electron chi connectivity index (χ3n) is 2.38. The Morgan fingerprint density at radius 3 is 2.44 bits per heavy atom. The molecule has 1 N–H and O–H groups in total. The fraction of sp³-hybridized carbons (Fsp3) is 0.0769. The third-order valence-corrected chi connectivity index (χ3v) is 3.99. The van der Waals surface area contributed by atoms with Crippen LogP contribution in [0, 0.1) is 6.92 Å². The molecule has 0 amide bonds. The molecular formula is C13H12ClNO2S. The Balaban J connectivity index is 2.33. The van der Waals surface area contributed by atoms with Crippen LogP contribution >= 0.6 is 11.6 Å². The maximum Gasteiger partial charge on any atom is 0.261 e. The average Bonchev–Trinajstić information content (AvgIpc) is 2.28. The second kappa shape index (κ2) is 5.00. The number of anilines is 1. The predicted molar refractivity (Wildman–Crippen MR) is 73.4 cm³/mol. The van der Waals surface area contributed by atoms with Crippen molar-refractivity contribution in [3.05, 3.63) is 59.1 Å². The van der Waals surface area contributed by atoms with Crippen LogP contribution in [0.3, 0.4) is 0 Å². The molecule has 0 aromatic heterocycles. The van der Waals surface area contributed by atoms with Crippen LogP contribution in [0.2, 0.25) is 5.02 Å². The summed E-state index contributed by atoms with van der Waals surface area (Å²) in [6.07, 6.45) is 0. The molecule has 0 aliphatic heterocycles. The molecule has 0 spiro atoms. The number of halogens is 1. The van der Waals surface area contributed by atoms with Gasteiger partial charge in [-0.3, -0.25) is 4.72 Å². The number of sulfonamides is 1. The molecule has 2 aromatic rings. The van der Waals surface area contributed by atoms with Crippen LogP contribution in [-0.4, -0.2) is 8.42 Å². The molecule has 3 nitrogen and oxygen atoms in total. The van der Waals surface area contributed by atoms with Gasteiger partial charge in [-0.1, -0.05) is 29.8 Å². The summed E-state index contributed by atoms with van der Waals surface area (Å²) in [5, 5.41) is 0.486. The highest BCUT2D eigenvalue weighted by atomic mass is 35.5. The minimum Gasteiger partial charge on any atom is -0.280 e. The highest BCUT2D eigenvalue weighted by molar-refractivity contribution is 7.92. The van der Waals surface area contributed by atoms with E-state index in [0.717, 1.165) is 5.56 Å². The molecule has 0 aliphatic rings. The van der Waals surface area contributed by atoms with Crippen LogP contribution in [0.5, 0.6) is 0 Å². The lowest BCUT2D eigenvalue weighted by atomic mass is 10.2. The molecule has 0 aliphatic carbocycles. The van der Waals surface area contributed by atoms with Gasteiger partial charge in [0.15, 0.2) is 0 Å². The highest BCUT2D eigenvalue weighted by Gasteiger charge is 2.13. The smallest absolute Gasteiger partial charge is 0.261 e. The molecule has 0 saturated carbocycles. The zero-order chi connectivity index (χ0) is 13.2. The van der Waals surface area contributed by atoms with E-state index in [2.05, 4.69) is 4.72 Å². The zero-order valence-corrected chi connectivity index (χ0v) is 11.3. The van der Waals surface area contributed by atoms with Gasteiger partial charge in [0.05, 0.1) is 10.6 Å². The van der Waals surface area contributed by atoms with Gasteiger partial charge in [0.1, 0.15) is 0 Å². The molecule has 0 bridgehead atoms. The van der Waals surface area contributed by atoms with Gasteiger partial charge >= 0.3 is 0 Å². The fourth-order valence-electron chi connectivity index (χ4n) is 1.55.